The van der Waals surface area contributed by atoms with Gasteiger partial charge < -0.3 is 14.6 Å². The van der Waals surface area contributed by atoms with Crippen LogP contribution in [0.25, 0.3) is 6.08 Å². The van der Waals surface area contributed by atoms with Crippen LogP contribution in [-0.4, -0.2) is 22.6 Å². The zero-order chi connectivity index (χ0) is 19.2. The van der Waals surface area contributed by atoms with Gasteiger partial charge in [-0.15, -0.1) is 0 Å². The number of benzene rings is 2. The number of ether oxygens (including phenoxy) is 1. The topological polar surface area (TPSA) is 56.1 Å². The Hall–Kier alpha value is -2.86. The van der Waals surface area contributed by atoms with Crippen molar-refractivity contribution in [2.45, 2.75) is 6.04 Å². The number of nitrogens with one attached hydrogen (secondary N) is 1. The molecule has 0 spiro atoms. The third-order valence-electron chi connectivity index (χ3n) is 4.15. The fourth-order valence-electron chi connectivity index (χ4n) is 2.74. The van der Waals surface area contributed by atoms with Gasteiger partial charge in [-0.1, -0.05) is 46.3 Å². The minimum Gasteiger partial charge on any atom is -0.497 e. The van der Waals surface area contributed by atoms with Gasteiger partial charge in [0, 0.05) is 30.0 Å². The smallest absolute Gasteiger partial charge is 0.244 e. The highest BCUT2D eigenvalue weighted by atomic mass is 79.9. The van der Waals surface area contributed by atoms with Crippen LogP contribution in [-0.2, 0) is 11.8 Å². The molecule has 5 nitrogen and oxygen atoms in total. The molecule has 1 N–H and O–H groups in total. The van der Waals surface area contributed by atoms with Crippen LogP contribution in [0.4, 0.5) is 0 Å². The van der Waals surface area contributed by atoms with Crippen molar-refractivity contribution in [1.29, 1.82) is 0 Å². The van der Waals surface area contributed by atoms with Gasteiger partial charge in [0.25, 0.3) is 0 Å². The monoisotopic (exact) mass is 425 g/mol. The molecule has 6 heteroatoms. The van der Waals surface area contributed by atoms with Crippen LogP contribution in [0.2, 0.25) is 0 Å². The molecule has 1 unspecified atom stereocenters. The van der Waals surface area contributed by atoms with Crippen LogP contribution in [0.5, 0.6) is 5.75 Å². The lowest BCUT2D eigenvalue weighted by atomic mass is 10.1. The summed E-state index contributed by atoms with van der Waals surface area (Å²) in [6.45, 7) is 0. The summed E-state index contributed by atoms with van der Waals surface area (Å²) in [7, 11) is 3.52. The highest BCUT2D eigenvalue weighted by Crippen LogP contribution is 2.24. The SMILES string of the molecule is COc1cccc(C(NC(=O)C=Cc2ccccc2Br)c2nccn2C)c1. The van der Waals surface area contributed by atoms with E-state index in [9.17, 15) is 4.79 Å². The van der Waals surface area contributed by atoms with E-state index in [1.807, 2.05) is 66.3 Å². The Bertz CT molecular complexity index is 965. The molecule has 3 aromatic rings. The van der Waals surface area contributed by atoms with E-state index in [4.69, 9.17) is 4.74 Å². The number of nitrogens with zero attached hydrogens (tertiary/aromatic N) is 2. The second kappa shape index (κ2) is 8.68. The lowest BCUT2D eigenvalue weighted by molar-refractivity contribution is -0.117. The van der Waals surface area contributed by atoms with Crippen LogP contribution in [0.1, 0.15) is 23.0 Å². The van der Waals surface area contributed by atoms with E-state index in [1.54, 1.807) is 19.4 Å². The van der Waals surface area contributed by atoms with Gasteiger partial charge in [-0.3, -0.25) is 4.79 Å². The molecule has 0 aliphatic carbocycles. The average molecular weight is 426 g/mol. The van der Waals surface area contributed by atoms with Crippen molar-refractivity contribution >= 4 is 27.9 Å². The second-order valence-electron chi connectivity index (χ2n) is 5.97. The summed E-state index contributed by atoms with van der Waals surface area (Å²) < 4.78 is 8.14. The molecule has 1 aromatic heterocycles. The first-order valence-corrected chi connectivity index (χ1v) is 9.22. The Morgan fingerprint density at radius 1 is 1.26 bits per heavy atom. The third kappa shape index (κ3) is 4.65. The molecule has 3 rings (SSSR count). The Kier molecular flexibility index (Phi) is 6.08. The van der Waals surface area contributed by atoms with Crippen molar-refractivity contribution in [3.8, 4) is 5.75 Å². The summed E-state index contributed by atoms with van der Waals surface area (Å²) in [5, 5.41) is 3.04. The van der Waals surface area contributed by atoms with E-state index in [-0.39, 0.29) is 5.91 Å². The first kappa shape index (κ1) is 18.9. The zero-order valence-electron chi connectivity index (χ0n) is 15.1. The van der Waals surface area contributed by atoms with Gasteiger partial charge in [-0.2, -0.15) is 0 Å². The average Bonchev–Trinajstić information content (AvgIpc) is 3.11. The van der Waals surface area contributed by atoms with E-state index < -0.39 is 6.04 Å². The molecule has 27 heavy (non-hydrogen) atoms. The van der Waals surface area contributed by atoms with Crippen molar-refractivity contribution in [3.05, 3.63) is 88.4 Å². The Balaban J connectivity index is 1.86. The Labute approximate surface area is 166 Å². The summed E-state index contributed by atoms with van der Waals surface area (Å²) >= 11 is 3.48. The summed E-state index contributed by atoms with van der Waals surface area (Å²) in [5.41, 5.74) is 1.83. The molecule has 0 aliphatic rings. The maximum atomic E-state index is 12.6. The lowest BCUT2D eigenvalue weighted by Crippen LogP contribution is -2.29. The maximum Gasteiger partial charge on any atom is 0.244 e. The van der Waals surface area contributed by atoms with Gasteiger partial charge in [0.15, 0.2) is 0 Å². The zero-order valence-corrected chi connectivity index (χ0v) is 16.7. The normalized spacial score (nSPS) is 12.1. The van der Waals surface area contributed by atoms with Crippen LogP contribution in [0.15, 0.2) is 71.5 Å². The maximum absolute atomic E-state index is 12.6. The van der Waals surface area contributed by atoms with E-state index in [2.05, 4.69) is 26.2 Å². The predicted octanol–water partition coefficient (Wildman–Crippen LogP) is 4.11. The van der Waals surface area contributed by atoms with Gasteiger partial charge in [0.2, 0.25) is 5.91 Å². The van der Waals surface area contributed by atoms with Crippen molar-refractivity contribution in [3.63, 3.8) is 0 Å². The van der Waals surface area contributed by atoms with Gasteiger partial charge >= 0.3 is 0 Å². The summed E-state index contributed by atoms with van der Waals surface area (Å²) in [5.74, 6) is 1.26. The van der Waals surface area contributed by atoms with Gasteiger partial charge in [-0.05, 0) is 35.4 Å². The van der Waals surface area contributed by atoms with E-state index in [0.29, 0.717) is 0 Å². The number of imidazole rings is 1. The molecule has 2 aromatic carbocycles. The number of amides is 1. The highest BCUT2D eigenvalue weighted by Gasteiger charge is 2.20. The number of aromatic nitrogens is 2. The second-order valence-corrected chi connectivity index (χ2v) is 6.82. The third-order valence-corrected chi connectivity index (χ3v) is 4.87. The molecule has 0 bridgehead atoms. The van der Waals surface area contributed by atoms with E-state index in [1.165, 1.54) is 6.08 Å². The number of carbonyl (C=O) groups is 1. The fourth-order valence-corrected chi connectivity index (χ4v) is 3.16. The summed E-state index contributed by atoms with van der Waals surface area (Å²) in [6.07, 6.45) is 6.87. The minimum atomic E-state index is -0.392. The molecular formula is C21H20BrN3O2. The van der Waals surface area contributed by atoms with Crippen LogP contribution < -0.4 is 10.1 Å². The standard InChI is InChI=1S/C21H20BrN3O2/c1-25-13-12-23-21(25)20(16-7-5-8-17(14-16)27-2)24-19(26)11-10-15-6-3-4-9-18(15)22/h3-14,20H,1-2H3,(H,24,26). The molecular weight excluding hydrogens is 406 g/mol. The first-order valence-electron chi connectivity index (χ1n) is 8.43. The largest absolute Gasteiger partial charge is 0.497 e. The molecule has 1 atom stereocenters. The number of halogens is 1. The molecule has 0 radical (unpaired) electrons. The first-order chi connectivity index (χ1) is 13.1. The molecule has 1 amide bonds. The van der Waals surface area contributed by atoms with Crippen molar-refractivity contribution < 1.29 is 9.53 Å². The van der Waals surface area contributed by atoms with Crippen molar-refractivity contribution in [1.82, 2.24) is 14.9 Å². The van der Waals surface area contributed by atoms with Gasteiger partial charge in [-0.25, -0.2) is 4.98 Å². The van der Waals surface area contributed by atoms with E-state index >= 15 is 0 Å². The van der Waals surface area contributed by atoms with Crippen LogP contribution >= 0.6 is 15.9 Å². The molecule has 0 aliphatic heterocycles. The van der Waals surface area contributed by atoms with Gasteiger partial charge in [0.1, 0.15) is 17.6 Å². The van der Waals surface area contributed by atoms with Crippen molar-refractivity contribution in [2.75, 3.05) is 7.11 Å². The number of rotatable bonds is 6. The molecule has 0 fully saturated rings. The van der Waals surface area contributed by atoms with E-state index in [0.717, 1.165) is 27.2 Å². The Morgan fingerprint density at radius 3 is 2.78 bits per heavy atom. The van der Waals surface area contributed by atoms with Crippen LogP contribution in [0, 0.1) is 0 Å². The van der Waals surface area contributed by atoms with Crippen molar-refractivity contribution in [2.24, 2.45) is 7.05 Å². The van der Waals surface area contributed by atoms with Crippen LogP contribution in [0.3, 0.4) is 0 Å². The number of aryl methyl sites for hydroxylation is 1. The molecule has 138 valence electrons. The molecule has 1 heterocycles. The molecule has 0 saturated heterocycles. The number of methoxy groups -OCH3 is 1. The number of carbonyl (C=O) groups excluding carboxylic acids is 1. The fraction of sp³-hybridized carbons (Fsp3) is 0.143. The number of hydrogen-bond donors (Lipinski definition) is 1. The Morgan fingerprint density at radius 2 is 2.07 bits per heavy atom. The summed E-state index contributed by atoms with van der Waals surface area (Å²) in [6, 6.07) is 14.9. The minimum absolute atomic E-state index is 0.207. The number of hydrogen-bond acceptors (Lipinski definition) is 3. The predicted molar refractivity (Wildman–Crippen MR) is 109 cm³/mol. The van der Waals surface area contributed by atoms with Gasteiger partial charge in [0.05, 0.1) is 7.11 Å². The quantitative estimate of drug-likeness (QED) is 0.604. The summed E-state index contributed by atoms with van der Waals surface area (Å²) in [4.78, 5) is 17.0. The molecule has 0 saturated carbocycles. The highest BCUT2D eigenvalue weighted by molar-refractivity contribution is 9.10. The lowest BCUT2D eigenvalue weighted by Gasteiger charge is -2.19.